The van der Waals surface area contributed by atoms with Crippen LogP contribution in [0, 0.1) is 0 Å². The van der Waals surface area contributed by atoms with Crippen LogP contribution in [0.1, 0.15) is 0 Å². The van der Waals surface area contributed by atoms with E-state index in [0.717, 1.165) is 36.0 Å². The Morgan fingerprint density at radius 3 is 1.12 bits per heavy atom. The van der Waals surface area contributed by atoms with E-state index in [4.69, 9.17) is 33.2 Å². The molecule has 0 saturated carbocycles. The van der Waals surface area contributed by atoms with E-state index < -0.39 is 0 Å². The van der Waals surface area contributed by atoms with Crippen molar-refractivity contribution in [3.8, 4) is 22.9 Å². The molecule has 0 amide bonds. The number of aromatic nitrogens is 4. The first-order chi connectivity index (χ1) is 21.2. The van der Waals surface area contributed by atoms with Crippen LogP contribution >= 0.6 is 0 Å². The highest BCUT2D eigenvalue weighted by atomic mass is 16.6. The molecule has 0 saturated heterocycles. The van der Waals surface area contributed by atoms with Gasteiger partial charge in [0.25, 0.3) is 0 Å². The maximum absolute atomic E-state index is 5.68. The Morgan fingerprint density at radius 1 is 0.465 bits per heavy atom. The largest absolute Gasteiger partial charge is 0.497 e. The maximum Gasteiger partial charge on any atom is 0.249 e. The molecule has 0 radical (unpaired) electrons. The van der Waals surface area contributed by atoms with Gasteiger partial charge in [-0.15, -0.1) is 0 Å². The van der Waals surface area contributed by atoms with Crippen molar-refractivity contribution in [1.82, 2.24) is 9.13 Å². The molecule has 0 aliphatic heterocycles. The smallest absolute Gasteiger partial charge is 0.249 e. The summed E-state index contributed by atoms with van der Waals surface area (Å²) in [6.45, 7) is 7.09. The lowest BCUT2D eigenvalue weighted by molar-refractivity contribution is -0.697. The molecule has 11 nitrogen and oxygen atoms in total. The van der Waals surface area contributed by atoms with Crippen molar-refractivity contribution in [3.05, 3.63) is 86.0 Å². The van der Waals surface area contributed by atoms with Gasteiger partial charge in [-0.25, -0.2) is 18.3 Å². The van der Waals surface area contributed by atoms with Gasteiger partial charge in [0, 0.05) is 0 Å². The van der Waals surface area contributed by atoms with Crippen LogP contribution in [0.3, 0.4) is 0 Å². The van der Waals surface area contributed by atoms with Crippen LogP contribution < -0.4 is 18.6 Å². The molecular formula is C32H44N4O7+2. The molecule has 0 bridgehead atoms. The summed E-state index contributed by atoms with van der Waals surface area (Å²) in [4.78, 5) is 0. The molecule has 4 rings (SSSR count). The number of ether oxygens (including phenoxy) is 7. The minimum atomic E-state index is 0.530. The lowest BCUT2D eigenvalue weighted by atomic mass is 10.3. The number of methoxy groups -OCH3 is 2. The second-order valence-electron chi connectivity index (χ2n) is 9.58. The highest BCUT2D eigenvalue weighted by molar-refractivity contribution is 5.37. The van der Waals surface area contributed by atoms with Gasteiger partial charge >= 0.3 is 0 Å². The Labute approximate surface area is 253 Å². The summed E-state index contributed by atoms with van der Waals surface area (Å²) in [5, 5.41) is 0. The number of imidazole rings is 2. The van der Waals surface area contributed by atoms with Crippen LogP contribution in [0.15, 0.2) is 86.0 Å². The Hall–Kier alpha value is -3.74. The third-order valence-corrected chi connectivity index (χ3v) is 6.60. The summed E-state index contributed by atoms with van der Waals surface area (Å²) in [5.41, 5.74) is 2.16. The molecular weight excluding hydrogens is 552 g/mol. The zero-order valence-corrected chi connectivity index (χ0v) is 25.2. The van der Waals surface area contributed by atoms with E-state index in [-0.39, 0.29) is 0 Å². The Kier molecular flexibility index (Phi) is 14.0. The quantitative estimate of drug-likeness (QED) is 0.102. The number of nitrogens with zero attached hydrogens (tertiary/aromatic N) is 4. The fourth-order valence-electron chi connectivity index (χ4n) is 4.19. The van der Waals surface area contributed by atoms with Gasteiger partial charge in [0.15, 0.2) is 0 Å². The summed E-state index contributed by atoms with van der Waals surface area (Å²) >= 11 is 0. The minimum absolute atomic E-state index is 0.530. The monoisotopic (exact) mass is 596 g/mol. The normalized spacial score (nSPS) is 11.2. The molecule has 0 atom stereocenters. The molecule has 2 heterocycles. The van der Waals surface area contributed by atoms with Gasteiger partial charge < -0.3 is 33.2 Å². The molecule has 0 unspecified atom stereocenters. The van der Waals surface area contributed by atoms with E-state index in [9.17, 15) is 0 Å². The second kappa shape index (κ2) is 18.7. The van der Waals surface area contributed by atoms with Gasteiger partial charge in [0.1, 0.15) is 60.8 Å². The van der Waals surface area contributed by atoms with Crippen molar-refractivity contribution in [3.63, 3.8) is 0 Å². The molecule has 2 aromatic carbocycles. The zero-order chi connectivity index (χ0) is 30.0. The molecule has 0 aliphatic rings. The van der Waals surface area contributed by atoms with E-state index in [1.54, 1.807) is 14.2 Å². The average Bonchev–Trinajstić information content (AvgIpc) is 3.73. The van der Waals surface area contributed by atoms with Gasteiger partial charge in [-0.05, 0) is 48.5 Å². The standard InChI is InChI=1S/C32H44N4O7/c1-37-31-7-3-29(4-8-31)35-13-11-33(27-35)15-17-39-19-21-41-23-25-43-26-24-42-22-20-40-18-16-34-12-14-36(28-34)30-5-9-32(38-2)10-6-30/h3-14,27-28H,15-26H2,1-2H3/q+2. The molecule has 232 valence electrons. The zero-order valence-electron chi connectivity index (χ0n) is 25.2. The summed E-state index contributed by atoms with van der Waals surface area (Å²) in [5.74, 6) is 1.69. The van der Waals surface area contributed by atoms with Gasteiger partial charge in [-0.2, -0.15) is 0 Å². The molecule has 43 heavy (non-hydrogen) atoms. The van der Waals surface area contributed by atoms with Gasteiger partial charge in [0.05, 0.1) is 80.3 Å². The van der Waals surface area contributed by atoms with Crippen LogP contribution in [0.2, 0.25) is 0 Å². The van der Waals surface area contributed by atoms with Crippen LogP contribution in [0.4, 0.5) is 0 Å². The fraction of sp³-hybridized carbons (Fsp3) is 0.438. The van der Waals surface area contributed by atoms with E-state index in [0.29, 0.717) is 66.1 Å². The van der Waals surface area contributed by atoms with Crippen molar-refractivity contribution < 1.29 is 42.3 Å². The highest BCUT2D eigenvalue weighted by Gasteiger charge is 2.08. The Balaban J connectivity index is 0.901. The van der Waals surface area contributed by atoms with Crippen LogP contribution in [0.25, 0.3) is 11.4 Å². The minimum Gasteiger partial charge on any atom is -0.497 e. The van der Waals surface area contributed by atoms with Crippen LogP contribution in [-0.4, -0.2) is 89.4 Å². The van der Waals surface area contributed by atoms with Gasteiger partial charge in [-0.3, -0.25) is 0 Å². The lowest BCUT2D eigenvalue weighted by Crippen LogP contribution is -2.33. The molecule has 0 spiro atoms. The lowest BCUT2D eigenvalue weighted by Gasteiger charge is -2.07. The second-order valence-corrected chi connectivity index (χ2v) is 9.58. The summed E-state index contributed by atoms with van der Waals surface area (Å²) in [6, 6.07) is 15.9. The third kappa shape index (κ3) is 11.5. The summed E-state index contributed by atoms with van der Waals surface area (Å²) in [7, 11) is 3.33. The molecule has 0 N–H and O–H groups in total. The first-order valence-electron chi connectivity index (χ1n) is 14.6. The van der Waals surface area contributed by atoms with Crippen LogP contribution in [0.5, 0.6) is 11.5 Å². The first kappa shape index (κ1) is 32.2. The number of hydrogen-bond acceptors (Lipinski definition) is 7. The predicted octanol–water partition coefficient (Wildman–Crippen LogP) is 2.64. The Bertz CT molecular complexity index is 1190. The summed E-state index contributed by atoms with van der Waals surface area (Å²) in [6.07, 6.45) is 12.2. The fourth-order valence-corrected chi connectivity index (χ4v) is 4.19. The average molecular weight is 597 g/mol. The van der Waals surface area contributed by atoms with E-state index >= 15 is 0 Å². The van der Waals surface area contributed by atoms with Crippen molar-refractivity contribution >= 4 is 0 Å². The van der Waals surface area contributed by atoms with E-state index in [1.165, 1.54) is 0 Å². The molecule has 11 heteroatoms. The number of benzene rings is 2. The SMILES string of the molecule is COc1ccc(-n2cc[n+](CCOCCOCCOCCOCCOCC[n+]3ccn(-c4ccc(OC)cc4)c3)c2)cc1. The maximum atomic E-state index is 5.68. The van der Waals surface area contributed by atoms with Crippen molar-refractivity contribution in [2.45, 2.75) is 13.1 Å². The molecule has 4 aromatic rings. The van der Waals surface area contributed by atoms with E-state index in [1.807, 2.05) is 86.0 Å². The highest BCUT2D eigenvalue weighted by Crippen LogP contribution is 2.15. The molecule has 2 aromatic heterocycles. The predicted molar refractivity (Wildman–Crippen MR) is 159 cm³/mol. The van der Waals surface area contributed by atoms with E-state index in [2.05, 4.69) is 18.3 Å². The van der Waals surface area contributed by atoms with Crippen molar-refractivity contribution in [2.24, 2.45) is 0 Å². The number of rotatable bonds is 22. The third-order valence-electron chi connectivity index (χ3n) is 6.60. The Morgan fingerprint density at radius 2 is 0.791 bits per heavy atom. The first-order valence-corrected chi connectivity index (χ1v) is 14.6. The van der Waals surface area contributed by atoms with Gasteiger partial charge in [-0.1, -0.05) is 0 Å². The van der Waals surface area contributed by atoms with Gasteiger partial charge in [0.2, 0.25) is 12.7 Å². The number of hydrogen-bond donors (Lipinski definition) is 0. The summed E-state index contributed by atoms with van der Waals surface area (Å²) < 4.78 is 46.8. The van der Waals surface area contributed by atoms with Crippen molar-refractivity contribution in [1.29, 1.82) is 0 Å². The molecule has 0 fully saturated rings. The van der Waals surface area contributed by atoms with Crippen molar-refractivity contribution in [2.75, 3.05) is 80.3 Å². The van der Waals surface area contributed by atoms with Crippen LogP contribution in [-0.2, 0) is 36.8 Å². The molecule has 0 aliphatic carbocycles. The topological polar surface area (TPSA) is 82.2 Å².